The minimum absolute atomic E-state index is 0.125. The molecule has 0 aliphatic rings. The summed E-state index contributed by atoms with van der Waals surface area (Å²) in [4.78, 5) is 15.0. The van der Waals surface area contributed by atoms with Gasteiger partial charge in [0, 0.05) is 33.6 Å². The van der Waals surface area contributed by atoms with Gasteiger partial charge in [-0.3, -0.25) is 4.79 Å². The van der Waals surface area contributed by atoms with E-state index in [4.69, 9.17) is 0 Å². The van der Waals surface area contributed by atoms with Crippen LogP contribution in [0.5, 0.6) is 0 Å². The lowest BCUT2D eigenvalue weighted by molar-refractivity contribution is 0.425. The van der Waals surface area contributed by atoms with Gasteiger partial charge in [0.1, 0.15) is 0 Å². The Labute approximate surface area is 134 Å². The number of nitrogens with zero attached hydrogens (tertiary/aromatic N) is 1. The van der Waals surface area contributed by atoms with E-state index in [1.807, 2.05) is 44.4 Å². The van der Waals surface area contributed by atoms with Crippen LogP contribution in [0.25, 0.3) is 20.2 Å². The maximum absolute atomic E-state index is 12.9. The Morgan fingerprint density at radius 2 is 1.91 bits per heavy atom. The van der Waals surface area contributed by atoms with Crippen LogP contribution in [0.4, 0.5) is 5.69 Å². The first-order chi connectivity index (χ1) is 10.6. The van der Waals surface area contributed by atoms with E-state index < -0.39 is 0 Å². The van der Waals surface area contributed by atoms with Crippen molar-refractivity contribution in [2.75, 3.05) is 32.5 Å². The zero-order valence-corrected chi connectivity index (χ0v) is 14.0. The lowest BCUT2D eigenvalue weighted by Crippen LogP contribution is -2.21. The SMILES string of the molecule is Cc1ccc(NCCN(C)C)c2c(=O)c3ccccc3sc12. The number of fused-ring (bicyclic) bond motifs is 2. The fourth-order valence-corrected chi connectivity index (χ4v) is 3.76. The minimum Gasteiger partial charge on any atom is -0.383 e. The molecule has 2 aromatic carbocycles. The molecule has 0 saturated carbocycles. The van der Waals surface area contributed by atoms with Gasteiger partial charge in [0.2, 0.25) is 0 Å². The first kappa shape index (κ1) is 15.0. The molecule has 0 spiro atoms. The molecule has 0 bridgehead atoms. The predicted molar refractivity (Wildman–Crippen MR) is 97.4 cm³/mol. The largest absolute Gasteiger partial charge is 0.383 e. The van der Waals surface area contributed by atoms with Crippen LogP contribution in [0.15, 0.2) is 41.2 Å². The van der Waals surface area contributed by atoms with Crippen molar-refractivity contribution in [2.24, 2.45) is 0 Å². The van der Waals surface area contributed by atoms with Gasteiger partial charge in [-0.15, -0.1) is 11.3 Å². The van der Waals surface area contributed by atoms with E-state index in [0.29, 0.717) is 0 Å². The number of nitrogens with one attached hydrogen (secondary N) is 1. The summed E-state index contributed by atoms with van der Waals surface area (Å²) < 4.78 is 2.13. The fraction of sp³-hybridized carbons (Fsp3) is 0.278. The minimum atomic E-state index is 0.125. The number of aryl methyl sites for hydroxylation is 1. The second-order valence-electron chi connectivity index (χ2n) is 5.79. The van der Waals surface area contributed by atoms with Crippen molar-refractivity contribution in [2.45, 2.75) is 6.92 Å². The van der Waals surface area contributed by atoms with Gasteiger partial charge in [0.05, 0.1) is 5.39 Å². The molecule has 0 amide bonds. The fourth-order valence-electron chi connectivity index (χ4n) is 2.59. The summed E-state index contributed by atoms with van der Waals surface area (Å²) in [5.74, 6) is 0. The molecule has 0 saturated heterocycles. The van der Waals surface area contributed by atoms with E-state index in [1.54, 1.807) is 11.3 Å². The van der Waals surface area contributed by atoms with Gasteiger partial charge in [0.15, 0.2) is 5.43 Å². The third-order valence-electron chi connectivity index (χ3n) is 3.80. The van der Waals surface area contributed by atoms with Crippen molar-refractivity contribution in [3.05, 3.63) is 52.2 Å². The number of likely N-dealkylation sites (N-methyl/N-ethyl adjacent to an activating group) is 1. The van der Waals surface area contributed by atoms with Crippen molar-refractivity contribution in [3.8, 4) is 0 Å². The number of hydrogen-bond acceptors (Lipinski definition) is 4. The number of benzene rings is 2. The van der Waals surface area contributed by atoms with Gasteiger partial charge >= 0.3 is 0 Å². The van der Waals surface area contributed by atoms with E-state index >= 15 is 0 Å². The van der Waals surface area contributed by atoms with Crippen molar-refractivity contribution in [1.29, 1.82) is 0 Å². The summed E-state index contributed by atoms with van der Waals surface area (Å²) in [6.45, 7) is 3.82. The monoisotopic (exact) mass is 312 g/mol. The van der Waals surface area contributed by atoms with Gasteiger partial charge in [-0.1, -0.05) is 18.2 Å². The third kappa shape index (κ3) is 2.72. The van der Waals surface area contributed by atoms with Gasteiger partial charge in [-0.25, -0.2) is 0 Å². The summed E-state index contributed by atoms with van der Waals surface area (Å²) in [5.41, 5.74) is 2.22. The normalized spacial score (nSPS) is 11.5. The van der Waals surface area contributed by atoms with Crippen molar-refractivity contribution in [1.82, 2.24) is 4.90 Å². The van der Waals surface area contributed by atoms with Crippen LogP contribution in [-0.4, -0.2) is 32.1 Å². The Hall–Kier alpha value is -1.91. The highest BCUT2D eigenvalue weighted by atomic mass is 32.1. The quantitative estimate of drug-likeness (QED) is 0.746. The van der Waals surface area contributed by atoms with Crippen molar-refractivity contribution in [3.63, 3.8) is 0 Å². The number of rotatable bonds is 4. The number of anilines is 1. The molecule has 1 heterocycles. The van der Waals surface area contributed by atoms with Crippen molar-refractivity contribution >= 4 is 37.2 Å². The molecule has 3 rings (SSSR count). The molecule has 1 aromatic heterocycles. The highest BCUT2D eigenvalue weighted by molar-refractivity contribution is 7.24. The molecule has 114 valence electrons. The van der Waals surface area contributed by atoms with Crippen LogP contribution in [0.1, 0.15) is 5.56 Å². The zero-order chi connectivity index (χ0) is 15.7. The lowest BCUT2D eigenvalue weighted by atomic mass is 10.1. The van der Waals surface area contributed by atoms with Crippen LogP contribution in [0.3, 0.4) is 0 Å². The lowest BCUT2D eigenvalue weighted by Gasteiger charge is -2.14. The summed E-state index contributed by atoms with van der Waals surface area (Å²) in [6.07, 6.45) is 0. The molecule has 3 aromatic rings. The number of hydrogen-bond donors (Lipinski definition) is 1. The predicted octanol–water partition coefficient (Wildman–Crippen LogP) is 3.70. The smallest absolute Gasteiger partial charge is 0.197 e. The topological polar surface area (TPSA) is 32.3 Å². The summed E-state index contributed by atoms with van der Waals surface area (Å²) in [6, 6.07) is 12.0. The van der Waals surface area contributed by atoms with E-state index in [1.165, 1.54) is 0 Å². The highest BCUT2D eigenvalue weighted by Gasteiger charge is 2.11. The molecule has 3 nitrogen and oxygen atoms in total. The Morgan fingerprint density at radius 1 is 1.14 bits per heavy atom. The highest BCUT2D eigenvalue weighted by Crippen LogP contribution is 2.31. The van der Waals surface area contributed by atoms with Gasteiger partial charge in [0.25, 0.3) is 0 Å². The maximum atomic E-state index is 12.9. The van der Waals surface area contributed by atoms with Gasteiger partial charge in [-0.2, -0.15) is 0 Å². The van der Waals surface area contributed by atoms with Crippen LogP contribution < -0.4 is 10.7 Å². The summed E-state index contributed by atoms with van der Waals surface area (Å²) >= 11 is 1.70. The average molecular weight is 312 g/mol. The van der Waals surface area contributed by atoms with Crippen LogP contribution in [0.2, 0.25) is 0 Å². The van der Waals surface area contributed by atoms with Crippen LogP contribution in [-0.2, 0) is 0 Å². The summed E-state index contributed by atoms with van der Waals surface area (Å²) in [7, 11) is 4.09. The molecule has 22 heavy (non-hydrogen) atoms. The van der Waals surface area contributed by atoms with E-state index in [0.717, 1.165) is 44.5 Å². The molecule has 0 atom stereocenters. The van der Waals surface area contributed by atoms with Gasteiger partial charge < -0.3 is 10.2 Å². The average Bonchev–Trinajstić information content (AvgIpc) is 2.50. The second kappa shape index (κ2) is 6.07. The van der Waals surface area contributed by atoms with E-state index in [-0.39, 0.29) is 5.43 Å². The molecule has 0 aliphatic heterocycles. The molecule has 0 aliphatic carbocycles. The maximum Gasteiger partial charge on any atom is 0.197 e. The Balaban J connectivity index is 2.19. The van der Waals surface area contributed by atoms with Gasteiger partial charge in [-0.05, 0) is 44.8 Å². The zero-order valence-electron chi connectivity index (χ0n) is 13.1. The van der Waals surface area contributed by atoms with E-state index in [9.17, 15) is 4.79 Å². The summed E-state index contributed by atoms with van der Waals surface area (Å²) in [5, 5.41) is 5.05. The van der Waals surface area contributed by atoms with E-state index in [2.05, 4.69) is 23.2 Å². The first-order valence-electron chi connectivity index (χ1n) is 7.41. The Kier molecular flexibility index (Phi) is 4.14. The molecule has 0 fully saturated rings. The van der Waals surface area contributed by atoms with Crippen molar-refractivity contribution < 1.29 is 0 Å². The molecule has 0 unspecified atom stereocenters. The molecule has 1 N–H and O–H groups in total. The third-order valence-corrected chi connectivity index (χ3v) is 5.11. The second-order valence-corrected chi connectivity index (χ2v) is 6.84. The molecular weight excluding hydrogens is 292 g/mol. The Morgan fingerprint density at radius 3 is 2.68 bits per heavy atom. The molecule has 0 radical (unpaired) electrons. The Bertz CT molecular complexity index is 883. The standard InChI is InChI=1S/C18H20N2OS/c1-12-8-9-14(19-10-11-20(2)3)16-17(21)13-6-4-5-7-15(13)22-18(12)16/h4-9,19H,10-11H2,1-3H3. The first-order valence-corrected chi connectivity index (χ1v) is 8.23. The molecular formula is C18H20N2OS. The molecule has 4 heteroatoms. The van der Waals surface area contributed by atoms with Crippen LogP contribution >= 0.6 is 11.3 Å². The van der Waals surface area contributed by atoms with Crippen LogP contribution in [0, 0.1) is 6.92 Å².